The fourth-order valence-corrected chi connectivity index (χ4v) is 2.07. The van der Waals surface area contributed by atoms with E-state index >= 15 is 0 Å². The SMILES string of the molecule is Fc1ccccc1-c1ncnc2ccc(Cl)cc12. The van der Waals surface area contributed by atoms with Crippen LogP contribution < -0.4 is 0 Å². The molecule has 0 atom stereocenters. The normalized spacial score (nSPS) is 10.8. The van der Waals surface area contributed by atoms with Crippen LogP contribution in [0.15, 0.2) is 48.8 Å². The first-order valence-corrected chi connectivity index (χ1v) is 5.78. The lowest BCUT2D eigenvalue weighted by molar-refractivity contribution is 0.631. The Labute approximate surface area is 108 Å². The van der Waals surface area contributed by atoms with Gasteiger partial charge in [0.25, 0.3) is 0 Å². The van der Waals surface area contributed by atoms with Crippen molar-refractivity contribution in [3.8, 4) is 11.3 Å². The second-order valence-corrected chi connectivity index (χ2v) is 4.30. The van der Waals surface area contributed by atoms with Crippen molar-refractivity contribution in [3.05, 3.63) is 59.6 Å². The fourth-order valence-electron chi connectivity index (χ4n) is 1.90. The lowest BCUT2D eigenvalue weighted by atomic mass is 10.1. The number of aromatic nitrogens is 2. The number of rotatable bonds is 1. The Morgan fingerprint density at radius 1 is 1.00 bits per heavy atom. The monoisotopic (exact) mass is 258 g/mol. The van der Waals surface area contributed by atoms with Crippen LogP contribution in [0.5, 0.6) is 0 Å². The number of hydrogen-bond acceptors (Lipinski definition) is 2. The third-order valence-corrected chi connectivity index (χ3v) is 2.96. The van der Waals surface area contributed by atoms with E-state index in [0.29, 0.717) is 16.3 Å². The summed E-state index contributed by atoms with van der Waals surface area (Å²) in [5.74, 6) is -0.308. The molecule has 3 aromatic rings. The van der Waals surface area contributed by atoms with Gasteiger partial charge in [-0.2, -0.15) is 0 Å². The lowest BCUT2D eigenvalue weighted by Gasteiger charge is -2.06. The molecule has 0 aliphatic heterocycles. The summed E-state index contributed by atoms with van der Waals surface area (Å²) in [7, 11) is 0. The quantitative estimate of drug-likeness (QED) is 0.657. The molecule has 0 saturated carbocycles. The Morgan fingerprint density at radius 2 is 1.83 bits per heavy atom. The Hall–Kier alpha value is -2.00. The molecule has 0 aliphatic carbocycles. The van der Waals surface area contributed by atoms with Crippen LogP contribution in [0.25, 0.3) is 22.2 Å². The molecule has 1 aromatic heterocycles. The van der Waals surface area contributed by atoms with Gasteiger partial charge in [0.05, 0.1) is 11.2 Å². The number of benzene rings is 2. The molecule has 0 radical (unpaired) electrons. The molecule has 1 heterocycles. The van der Waals surface area contributed by atoms with Crippen LogP contribution in [0.4, 0.5) is 4.39 Å². The van der Waals surface area contributed by atoms with Crippen LogP contribution in [0, 0.1) is 5.82 Å². The molecule has 2 nitrogen and oxygen atoms in total. The molecular weight excluding hydrogens is 251 g/mol. The van der Waals surface area contributed by atoms with E-state index < -0.39 is 0 Å². The van der Waals surface area contributed by atoms with E-state index in [0.717, 1.165) is 10.9 Å². The minimum Gasteiger partial charge on any atom is -0.236 e. The standard InChI is InChI=1S/C14H8ClFN2/c15-9-5-6-13-11(7-9)14(18-8-17-13)10-3-1-2-4-12(10)16/h1-8H. The molecule has 0 aliphatic rings. The highest BCUT2D eigenvalue weighted by atomic mass is 35.5. The summed E-state index contributed by atoms with van der Waals surface area (Å²) in [5, 5.41) is 1.32. The highest BCUT2D eigenvalue weighted by Crippen LogP contribution is 2.28. The van der Waals surface area contributed by atoms with Gasteiger partial charge >= 0.3 is 0 Å². The largest absolute Gasteiger partial charge is 0.236 e. The Bertz CT molecular complexity index is 728. The van der Waals surface area contributed by atoms with Gasteiger partial charge in [0.15, 0.2) is 0 Å². The van der Waals surface area contributed by atoms with Gasteiger partial charge in [0.1, 0.15) is 12.1 Å². The van der Waals surface area contributed by atoms with Crippen molar-refractivity contribution in [2.75, 3.05) is 0 Å². The van der Waals surface area contributed by atoms with E-state index in [1.807, 2.05) is 0 Å². The van der Waals surface area contributed by atoms with Crippen molar-refractivity contribution in [2.45, 2.75) is 0 Å². The third kappa shape index (κ3) is 1.83. The minimum atomic E-state index is -0.308. The fraction of sp³-hybridized carbons (Fsp3) is 0. The molecule has 4 heteroatoms. The predicted octanol–water partition coefficient (Wildman–Crippen LogP) is 4.09. The molecule has 3 rings (SSSR count). The van der Waals surface area contributed by atoms with Gasteiger partial charge in [0.2, 0.25) is 0 Å². The maximum Gasteiger partial charge on any atom is 0.132 e. The van der Waals surface area contributed by atoms with Crippen LogP contribution in [-0.2, 0) is 0 Å². The molecule has 0 bridgehead atoms. The number of nitrogens with zero attached hydrogens (tertiary/aromatic N) is 2. The van der Waals surface area contributed by atoms with E-state index in [1.54, 1.807) is 36.4 Å². The summed E-state index contributed by atoms with van der Waals surface area (Å²) in [6, 6.07) is 11.8. The first-order valence-electron chi connectivity index (χ1n) is 5.41. The Morgan fingerprint density at radius 3 is 2.67 bits per heavy atom. The van der Waals surface area contributed by atoms with Crippen molar-refractivity contribution >= 4 is 22.5 Å². The van der Waals surface area contributed by atoms with Gasteiger partial charge in [-0.05, 0) is 30.3 Å². The molecule has 0 spiro atoms. The molecule has 0 saturated heterocycles. The Kier molecular flexibility index (Phi) is 2.68. The number of fused-ring (bicyclic) bond motifs is 1. The topological polar surface area (TPSA) is 25.8 Å². The van der Waals surface area contributed by atoms with Gasteiger partial charge in [-0.25, -0.2) is 14.4 Å². The van der Waals surface area contributed by atoms with Crippen LogP contribution in [0.1, 0.15) is 0 Å². The van der Waals surface area contributed by atoms with E-state index in [4.69, 9.17) is 11.6 Å². The zero-order chi connectivity index (χ0) is 12.5. The van der Waals surface area contributed by atoms with Gasteiger partial charge < -0.3 is 0 Å². The van der Waals surface area contributed by atoms with Crippen molar-refractivity contribution in [1.82, 2.24) is 9.97 Å². The van der Waals surface area contributed by atoms with Crippen LogP contribution in [-0.4, -0.2) is 9.97 Å². The molecule has 0 unspecified atom stereocenters. The van der Waals surface area contributed by atoms with Crippen LogP contribution in [0.2, 0.25) is 5.02 Å². The molecule has 88 valence electrons. The van der Waals surface area contributed by atoms with Crippen LogP contribution in [0.3, 0.4) is 0 Å². The number of halogens is 2. The summed E-state index contributed by atoms with van der Waals surface area (Å²) < 4.78 is 13.8. The average Bonchev–Trinajstić information content (AvgIpc) is 2.39. The minimum absolute atomic E-state index is 0.308. The molecule has 0 amide bonds. The van der Waals surface area contributed by atoms with E-state index in [2.05, 4.69) is 9.97 Å². The lowest BCUT2D eigenvalue weighted by Crippen LogP contribution is -1.91. The van der Waals surface area contributed by atoms with Crippen molar-refractivity contribution < 1.29 is 4.39 Å². The van der Waals surface area contributed by atoms with E-state index in [9.17, 15) is 4.39 Å². The van der Waals surface area contributed by atoms with Crippen molar-refractivity contribution in [2.24, 2.45) is 0 Å². The second kappa shape index (κ2) is 4.35. The molecule has 0 N–H and O–H groups in total. The highest BCUT2D eigenvalue weighted by molar-refractivity contribution is 6.31. The summed E-state index contributed by atoms with van der Waals surface area (Å²) >= 11 is 5.97. The summed E-state index contributed by atoms with van der Waals surface area (Å²) in [6.07, 6.45) is 1.43. The third-order valence-electron chi connectivity index (χ3n) is 2.73. The van der Waals surface area contributed by atoms with Crippen molar-refractivity contribution in [3.63, 3.8) is 0 Å². The molecular formula is C14H8ClFN2. The predicted molar refractivity (Wildman–Crippen MR) is 69.9 cm³/mol. The maximum absolute atomic E-state index is 13.8. The molecule has 0 fully saturated rings. The van der Waals surface area contributed by atoms with E-state index in [-0.39, 0.29) is 5.82 Å². The molecule has 2 aromatic carbocycles. The smallest absolute Gasteiger partial charge is 0.132 e. The van der Waals surface area contributed by atoms with E-state index in [1.165, 1.54) is 12.4 Å². The van der Waals surface area contributed by atoms with Gasteiger partial charge in [-0.3, -0.25) is 0 Å². The van der Waals surface area contributed by atoms with Gasteiger partial charge in [-0.15, -0.1) is 0 Å². The highest BCUT2D eigenvalue weighted by Gasteiger charge is 2.10. The first-order chi connectivity index (χ1) is 8.75. The Balaban J connectivity index is 2.36. The summed E-state index contributed by atoms with van der Waals surface area (Å²) in [5.41, 5.74) is 1.75. The summed E-state index contributed by atoms with van der Waals surface area (Å²) in [6.45, 7) is 0. The maximum atomic E-state index is 13.8. The van der Waals surface area contributed by atoms with Crippen LogP contribution >= 0.6 is 11.6 Å². The summed E-state index contributed by atoms with van der Waals surface area (Å²) in [4.78, 5) is 8.32. The van der Waals surface area contributed by atoms with Gasteiger partial charge in [0, 0.05) is 16.0 Å². The zero-order valence-electron chi connectivity index (χ0n) is 9.27. The van der Waals surface area contributed by atoms with Crippen molar-refractivity contribution in [1.29, 1.82) is 0 Å². The first kappa shape index (κ1) is 11.1. The second-order valence-electron chi connectivity index (χ2n) is 3.86. The van der Waals surface area contributed by atoms with Gasteiger partial charge in [-0.1, -0.05) is 23.7 Å². The zero-order valence-corrected chi connectivity index (χ0v) is 10.0. The molecule has 18 heavy (non-hydrogen) atoms. The number of hydrogen-bond donors (Lipinski definition) is 0. The average molecular weight is 259 g/mol.